The van der Waals surface area contributed by atoms with Gasteiger partial charge in [0.25, 0.3) is 5.56 Å². The summed E-state index contributed by atoms with van der Waals surface area (Å²) < 4.78 is 3.58. The summed E-state index contributed by atoms with van der Waals surface area (Å²) in [6.45, 7) is 5.16. The molecule has 0 aliphatic carbocycles. The SMILES string of the molecule is CCn1nc(C)c2nc(SCc3ccccc3)n(CCc3ccccc3)c(=O)c21. The van der Waals surface area contributed by atoms with Gasteiger partial charge in [0, 0.05) is 18.8 Å². The van der Waals surface area contributed by atoms with E-state index in [9.17, 15) is 4.79 Å². The number of rotatable bonds is 7. The van der Waals surface area contributed by atoms with Crippen LogP contribution in [0.4, 0.5) is 0 Å². The Kier molecular flexibility index (Phi) is 5.81. The van der Waals surface area contributed by atoms with Gasteiger partial charge in [-0.1, -0.05) is 72.4 Å². The molecule has 4 aromatic rings. The molecular formula is C23H24N4OS. The number of hydrogen-bond acceptors (Lipinski definition) is 4. The maximum atomic E-state index is 13.4. The van der Waals surface area contributed by atoms with Crippen LogP contribution in [0.3, 0.4) is 0 Å². The first-order valence-electron chi connectivity index (χ1n) is 9.86. The van der Waals surface area contributed by atoms with E-state index in [4.69, 9.17) is 4.98 Å². The summed E-state index contributed by atoms with van der Waals surface area (Å²) in [4.78, 5) is 18.3. The van der Waals surface area contributed by atoms with E-state index in [0.717, 1.165) is 23.0 Å². The minimum Gasteiger partial charge on any atom is -0.285 e. The van der Waals surface area contributed by atoms with Gasteiger partial charge in [-0.25, -0.2) is 4.98 Å². The average Bonchev–Trinajstić information content (AvgIpc) is 3.09. The van der Waals surface area contributed by atoms with Crippen molar-refractivity contribution in [2.24, 2.45) is 0 Å². The zero-order chi connectivity index (χ0) is 20.2. The van der Waals surface area contributed by atoms with Crippen LogP contribution < -0.4 is 5.56 Å². The van der Waals surface area contributed by atoms with E-state index < -0.39 is 0 Å². The number of fused-ring (bicyclic) bond motifs is 1. The maximum absolute atomic E-state index is 13.4. The topological polar surface area (TPSA) is 52.7 Å². The Morgan fingerprint density at radius 2 is 1.62 bits per heavy atom. The lowest BCUT2D eigenvalue weighted by Gasteiger charge is -2.13. The molecule has 0 fully saturated rings. The van der Waals surface area contributed by atoms with Crippen molar-refractivity contribution in [3.8, 4) is 0 Å². The molecule has 4 rings (SSSR count). The largest absolute Gasteiger partial charge is 0.285 e. The van der Waals surface area contributed by atoms with E-state index in [0.29, 0.717) is 24.1 Å². The molecule has 0 unspecified atom stereocenters. The van der Waals surface area contributed by atoms with Crippen molar-refractivity contribution in [1.29, 1.82) is 0 Å². The van der Waals surface area contributed by atoms with E-state index >= 15 is 0 Å². The van der Waals surface area contributed by atoms with Crippen molar-refractivity contribution in [2.45, 2.75) is 44.3 Å². The minimum atomic E-state index is -0.0102. The smallest absolute Gasteiger partial charge is 0.280 e. The molecule has 2 aromatic carbocycles. The van der Waals surface area contributed by atoms with Crippen molar-refractivity contribution in [2.75, 3.05) is 0 Å². The molecule has 0 amide bonds. The quantitative estimate of drug-likeness (QED) is 0.337. The van der Waals surface area contributed by atoms with Crippen molar-refractivity contribution in [3.05, 3.63) is 87.8 Å². The van der Waals surface area contributed by atoms with E-state index in [-0.39, 0.29) is 5.56 Å². The van der Waals surface area contributed by atoms with Crippen LogP contribution in [0.5, 0.6) is 0 Å². The van der Waals surface area contributed by atoms with Crippen LogP contribution in [-0.4, -0.2) is 19.3 Å². The van der Waals surface area contributed by atoms with Crippen molar-refractivity contribution in [3.63, 3.8) is 0 Å². The van der Waals surface area contributed by atoms with Crippen LogP contribution in [0.1, 0.15) is 23.7 Å². The fourth-order valence-corrected chi connectivity index (χ4v) is 4.41. The number of benzene rings is 2. The molecule has 0 spiro atoms. The van der Waals surface area contributed by atoms with Crippen LogP contribution in [0.15, 0.2) is 70.6 Å². The summed E-state index contributed by atoms with van der Waals surface area (Å²) in [5.41, 5.74) is 4.52. The normalized spacial score (nSPS) is 11.2. The Bertz CT molecular complexity index is 1170. The third-order valence-corrected chi connectivity index (χ3v) is 6.01. The van der Waals surface area contributed by atoms with Gasteiger partial charge < -0.3 is 0 Å². The van der Waals surface area contributed by atoms with Gasteiger partial charge >= 0.3 is 0 Å². The van der Waals surface area contributed by atoms with Crippen LogP contribution in [-0.2, 0) is 25.3 Å². The Balaban J connectivity index is 1.74. The van der Waals surface area contributed by atoms with Gasteiger partial charge in [0.05, 0.1) is 5.69 Å². The van der Waals surface area contributed by atoms with Gasteiger partial charge in [-0.15, -0.1) is 0 Å². The van der Waals surface area contributed by atoms with Crippen molar-refractivity contribution >= 4 is 22.8 Å². The predicted octanol–water partition coefficient (Wildman–Crippen LogP) is 4.46. The molecule has 0 saturated heterocycles. The van der Waals surface area contributed by atoms with Crippen LogP contribution in [0.25, 0.3) is 11.0 Å². The molecule has 0 bridgehead atoms. The maximum Gasteiger partial charge on any atom is 0.280 e. The molecule has 29 heavy (non-hydrogen) atoms. The summed E-state index contributed by atoms with van der Waals surface area (Å²) in [5.74, 6) is 0.769. The molecule has 0 atom stereocenters. The molecule has 2 heterocycles. The fourth-order valence-electron chi connectivity index (χ4n) is 3.43. The summed E-state index contributed by atoms with van der Waals surface area (Å²) in [7, 11) is 0. The number of aromatic nitrogens is 4. The zero-order valence-electron chi connectivity index (χ0n) is 16.7. The molecule has 0 saturated carbocycles. The summed E-state index contributed by atoms with van der Waals surface area (Å²) in [5, 5.41) is 5.27. The highest BCUT2D eigenvalue weighted by Crippen LogP contribution is 2.23. The number of thioether (sulfide) groups is 1. The highest BCUT2D eigenvalue weighted by atomic mass is 32.2. The summed E-state index contributed by atoms with van der Waals surface area (Å²) in [6.07, 6.45) is 0.784. The monoisotopic (exact) mass is 404 g/mol. The van der Waals surface area contributed by atoms with Crippen LogP contribution in [0, 0.1) is 6.92 Å². The van der Waals surface area contributed by atoms with Crippen LogP contribution in [0.2, 0.25) is 0 Å². The van der Waals surface area contributed by atoms with Gasteiger partial charge in [0.15, 0.2) is 10.7 Å². The lowest BCUT2D eigenvalue weighted by Crippen LogP contribution is -2.26. The van der Waals surface area contributed by atoms with E-state index in [1.807, 2.05) is 54.8 Å². The minimum absolute atomic E-state index is 0.0102. The number of hydrogen-bond donors (Lipinski definition) is 0. The van der Waals surface area contributed by atoms with E-state index in [2.05, 4.69) is 29.4 Å². The van der Waals surface area contributed by atoms with Crippen LogP contribution >= 0.6 is 11.8 Å². The molecular weight excluding hydrogens is 380 g/mol. The van der Waals surface area contributed by atoms with Gasteiger partial charge in [-0.05, 0) is 31.4 Å². The second-order valence-corrected chi connectivity index (χ2v) is 7.90. The first-order valence-corrected chi connectivity index (χ1v) is 10.8. The Labute approximate surface area is 174 Å². The fraction of sp³-hybridized carbons (Fsp3) is 0.261. The van der Waals surface area contributed by atoms with E-state index in [1.165, 1.54) is 11.1 Å². The second kappa shape index (κ2) is 8.66. The third kappa shape index (κ3) is 4.12. The highest BCUT2D eigenvalue weighted by molar-refractivity contribution is 7.98. The molecule has 0 aliphatic rings. The first-order chi connectivity index (χ1) is 14.2. The molecule has 0 radical (unpaired) electrons. The standard InChI is InChI=1S/C23H24N4OS/c1-3-27-21-20(17(2)25-27)24-23(29-16-19-12-8-5-9-13-19)26(22(21)28)15-14-18-10-6-4-7-11-18/h4-13H,3,14-16H2,1-2H3. The number of nitrogens with zero attached hydrogens (tertiary/aromatic N) is 4. The van der Waals surface area contributed by atoms with Gasteiger partial charge in [-0.3, -0.25) is 14.0 Å². The molecule has 0 N–H and O–H groups in total. The molecule has 6 heteroatoms. The van der Waals surface area contributed by atoms with Gasteiger partial charge in [0.2, 0.25) is 0 Å². The predicted molar refractivity (Wildman–Crippen MR) is 118 cm³/mol. The summed E-state index contributed by atoms with van der Waals surface area (Å²) in [6, 6.07) is 20.5. The second-order valence-electron chi connectivity index (χ2n) is 6.96. The lowest BCUT2D eigenvalue weighted by atomic mass is 10.1. The van der Waals surface area contributed by atoms with Gasteiger partial charge in [0.1, 0.15) is 5.52 Å². The Morgan fingerprint density at radius 1 is 0.966 bits per heavy atom. The molecule has 2 aromatic heterocycles. The molecule has 148 valence electrons. The summed E-state index contributed by atoms with van der Waals surface area (Å²) >= 11 is 1.60. The zero-order valence-corrected chi connectivity index (χ0v) is 17.5. The van der Waals surface area contributed by atoms with Crippen molar-refractivity contribution < 1.29 is 0 Å². The van der Waals surface area contributed by atoms with E-state index in [1.54, 1.807) is 16.4 Å². The third-order valence-electron chi connectivity index (χ3n) is 4.96. The first kappa shape index (κ1) is 19.5. The average molecular weight is 405 g/mol. The van der Waals surface area contributed by atoms with Crippen molar-refractivity contribution in [1.82, 2.24) is 19.3 Å². The number of aryl methyl sites for hydroxylation is 3. The lowest BCUT2D eigenvalue weighted by molar-refractivity contribution is 0.587. The van der Waals surface area contributed by atoms with Gasteiger partial charge in [-0.2, -0.15) is 5.10 Å². The Hall–Kier alpha value is -2.86. The highest BCUT2D eigenvalue weighted by Gasteiger charge is 2.18. The Morgan fingerprint density at radius 3 is 2.28 bits per heavy atom. The molecule has 0 aliphatic heterocycles. The molecule has 5 nitrogen and oxygen atoms in total.